The fraction of sp³-hybridized carbons (Fsp3) is 0.250. The molecular weight excluding hydrogens is 302 g/mol. The van der Waals surface area contributed by atoms with E-state index in [9.17, 15) is 0 Å². The second-order valence-electron chi connectivity index (χ2n) is 4.66. The van der Waals surface area contributed by atoms with Gasteiger partial charge in [0, 0.05) is 4.47 Å². The average molecular weight is 320 g/mol. The van der Waals surface area contributed by atoms with Gasteiger partial charge in [0.1, 0.15) is 11.5 Å². The molecule has 2 aromatic carbocycles. The zero-order valence-electron chi connectivity index (χ0n) is 11.2. The van der Waals surface area contributed by atoms with Crippen LogP contribution in [-0.4, -0.2) is 0 Å². The summed E-state index contributed by atoms with van der Waals surface area (Å²) >= 11 is 3.38. The van der Waals surface area contributed by atoms with Crippen LogP contribution in [0.4, 0.5) is 5.69 Å². The van der Waals surface area contributed by atoms with Crippen molar-refractivity contribution in [1.82, 2.24) is 0 Å². The molecule has 2 aromatic rings. The average Bonchev–Trinajstić information content (AvgIpc) is 2.42. The maximum absolute atomic E-state index is 5.91. The Balaban J connectivity index is 2.15. The van der Waals surface area contributed by atoms with Crippen molar-refractivity contribution >= 4 is 21.6 Å². The maximum Gasteiger partial charge on any atom is 0.150 e. The molecule has 0 heterocycles. The molecule has 3 heteroatoms. The number of benzene rings is 2. The number of anilines is 1. The SMILES string of the molecule is CC[C@@H](C)c1ccc(Oc2ccc(Br)cc2N)cc1. The fourth-order valence-electron chi connectivity index (χ4n) is 1.84. The van der Waals surface area contributed by atoms with Gasteiger partial charge in [-0.25, -0.2) is 0 Å². The van der Waals surface area contributed by atoms with E-state index >= 15 is 0 Å². The van der Waals surface area contributed by atoms with Crippen molar-refractivity contribution in [3.63, 3.8) is 0 Å². The van der Waals surface area contributed by atoms with Crippen LogP contribution in [0.5, 0.6) is 11.5 Å². The van der Waals surface area contributed by atoms with Gasteiger partial charge in [0.15, 0.2) is 0 Å². The molecule has 0 aliphatic rings. The molecule has 2 nitrogen and oxygen atoms in total. The van der Waals surface area contributed by atoms with Crippen LogP contribution in [0, 0.1) is 0 Å². The molecule has 0 saturated carbocycles. The van der Waals surface area contributed by atoms with E-state index in [0.717, 1.165) is 16.6 Å². The number of rotatable bonds is 4. The normalized spacial score (nSPS) is 12.2. The summed E-state index contributed by atoms with van der Waals surface area (Å²) in [7, 11) is 0. The zero-order valence-corrected chi connectivity index (χ0v) is 12.8. The Bertz CT molecular complexity index is 551. The molecule has 0 aliphatic carbocycles. The predicted octanol–water partition coefficient (Wildman–Crippen LogP) is 5.34. The number of halogens is 1. The highest BCUT2D eigenvalue weighted by Gasteiger charge is 2.05. The third-order valence-electron chi connectivity index (χ3n) is 3.26. The Labute approximate surface area is 122 Å². The molecule has 2 N–H and O–H groups in total. The van der Waals surface area contributed by atoms with E-state index in [1.54, 1.807) is 0 Å². The molecule has 0 fully saturated rings. The van der Waals surface area contributed by atoms with Gasteiger partial charge >= 0.3 is 0 Å². The summed E-state index contributed by atoms with van der Waals surface area (Å²) in [5.74, 6) is 2.06. The summed E-state index contributed by atoms with van der Waals surface area (Å²) in [6.45, 7) is 4.42. The van der Waals surface area contributed by atoms with E-state index in [0.29, 0.717) is 17.4 Å². The van der Waals surface area contributed by atoms with Crippen LogP contribution >= 0.6 is 15.9 Å². The molecule has 0 amide bonds. The summed E-state index contributed by atoms with van der Waals surface area (Å²) in [5.41, 5.74) is 7.87. The monoisotopic (exact) mass is 319 g/mol. The third kappa shape index (κ3) is 3.51. The first-order valence-corrected chi connectivity index (χ1v) is 7.22. The summed E-state index contributed by atoms with van der Waals surface area (Å²) in [6.07, 6.45) is 1.14. The molecule has 2 rings (SSSR count). The van der Waals surface area contributed by atoms with Crippen LogP contribution in [0.15, 0.2) is 46.9 Å². The Morgan fingerprint density at radius 2 is 1.84 bits per heavy atom. The largest absolute Gasteiger partial charge is 0.455 e. The fourth-order valence-corrected chi connectivity index (χ4v) is 2.22. The predicted molar refractivity (Wildman–Crippen MR) is 83.8 cm³/mol. The van der Waals surface area contributed by atoms with Gasteiger partial charge in [0.25, 0.3) is 0 Å². The van der Waals surface area contributed by atoms with Crippen LogP contribution in [-0.2, 0) is 0 Å². The van der Waals surface area contributed by atoms with E-state index in [4.69, 9.17) is 10.5 Å². The zero-order chi connectivity index (χ0) is 13.8. The Morgan fingerprint density at radius 3 is 2.42 bits per heavy atom. The number of hydrogen-bond acceptors (Lipinski definition) is 2. The molecule has 0 bridgehead atoms. The van der Waals surface area contributed by atoms with Crippen LogP contribution in [0.1, 0.15) is 31.7 Å². The molecule has 0 radical (unpaired) electrons. The number of hydrogen-bond donors (Lipinski definition) is 1. The van der Waals surface area contributed by atoms with E-state index in [2.05, 4.69) is 41.9 Å². The van der Waals surface area contributed by atoms with Crippen molar-refractivity contribution in [2.24, 2.45) is 0 Å². The lowest BCUT2D eigenvalue weighted by Crippen LogP contribution is -1.93. The van der Waals surface area contributed by atoms with Gasteiger partial charge in [-0.15, -0.1) is 0 Å². The number of nitrogen functional groups attached to an aromatic ring is 1. The van der Waals surface area contributed by atoms with Gasteiger partial charge in [-0.1, -0.05) is 41.9 Å². The molecule has 0 saturated heterocycles. The number of nitrogens with two attached hydrogens (primary N) is 1. The van der Waals surface area contributed by atoms with E-state index in [1.165, 1.54) is 5.56 Å². The lowest BCUT2D eigenvalue weighted by atomic mass is 9.99. The van der Waals surface area contributed by atoms with Gasteiger partial charge in [-0.05, 0) is 48.2 Å². The van der Waals surface area contributed by atoms with Gasteiger partial charge in [0.05, 0.1) is 5.69 Å². The maximum atomic E-state index is 5.91. The summed E-state index contributed by atoms with van der Waals surface area (Å²) in [5, 5.41) is 0. The van der Waals surface area contributed by atoms with Crippen molar-refractivity contribution in [1.29, 1.82) is 0 Å². The highest BCUT2D eigenvalue weighted by Crippen LogP contribution is 2.30. The van der Waals surface area contributed by atoms with Crippen LogP contribution in [0.2, 0.25) is 0 Å². The summed E-state index contributed by atoms with van der Waals surface area (Å²) < 4.78 is 6.74. The van der Waals surface area contributed by atoms with Crippen LogP contribution in [0.3, 0.4) is 0 Å². The van der Waals surface area contributed by atoms with E-state index in [1.807, 2.05) is 30.3 Å². The van der Waals surface area contributed by atoms with Gasteiger partial charge in [-0.2, -0.15) is 0 Å². The quantitative estimate of drug-likeness (QED) is 0.772. The van der Waals surface area contributed by atoms with Crippen LogP contribution < -0.4 is 10.5 Å². The van der Waals surface area contributed by atoms with Crippen LogP contribution in [0.25, 0.3) is 0 Å². The second kappa shape index (κ2) is 6.11. The molecule has 0 aromatic heterocycles. The first-order chi connectivity index (χ1) is 9.10. The van der Waals surface area contributed by atoms with Crippen molar-refractivity contribution in [3.8, 4) is 11.5 Å². The topological polar surface area (TPSA) is 35.2 Å². The van der Waals surface area contributed by atoms with Crippen molar-refractivity contribution in [2.45, 2.75) is 26.2 Å². The molecule has 1 atom stereocenters. The lowest BCUT2D eigenvalue weighted by molar-refractivity contribution is 0.484. The molecular formula is C16H18BrNO. The molecule has 0 aliphatic heterocycles. The minimum Gasteiger partial charge on any atom is -0.455 e. The van der Waals surface area contributed by atoms with Crippen molar-refractivity contribution < 1.29 is 4.74 Å². The number of ether oxygens (including phenoxy) is 1. The first-order valence-electron chi connectivity index (χ1n) is 6.43. The van der Waals surface area contributed by atoms with E-state index in [-0.39, 0.29) is 0 Å². The molecule has 0 spiro atoms. The van der Waals surface area contributed by atoms with Gasteiger partial charge in [-0.3, -0.25) is 0 Å². The van der Waals surface area contributed by atoms with E-state index < -0.39 is 0 Å². The lowest BCUT2D eigenvalue weighted by Gasteiger charge is -2.11. The highest BCUT2D eigenvalue weighted by atomic mass is 79.9. The first kappa shape index (κ1) is 13.9. The van der Waals surface area contributed by atoms with Gasteiger partial charge < -0.3 is 10.5 Å². The smallest absolute Gasteiger partial charge is 0.150 e. The minimum atomic E-state index is 0.576. The summed E-state index contributed by atoms with van der Waals surface area (Å²) in [6, 6.07) is 13.8. The Kier molecular flexibility index (Phi) is 4.48. The second-order valence-corrected chi connectivity index (χ2v) is 5.58. The Hall–Kier alpha value is -1.48. The molecule has 19 heavy (non-hydrogen) atoms. The van der Waals surface area contributed by atoms with Gasteiger partial charge in [0.2, 0.25) is 0 Å². The third-order valence-corrected chi connectivity index (χ3v) is 3.75. The summed E-state index contributed by atoms with van der Waals surface area (Å²) in [4.78, 5) is 0. The Morgan fingerprint density at radius 1 is 1.16 bits per heavy atom. The van der Waals surface area contributed by atoms with Crippen molar-refractivity contribution in [3.05, 3.63) is 52.5 Å². The standard InChI is InChI=1S/C16H18BrNO/c1-3-11(2)12-4-7-14(8-5-12)19-16-9-6-13(17)10-15(16)18/h4-11H,3,18H2,1-2H3/t11-/m1/s1. The molecule has 0 unspecified atom stereocenters. The van der Waals surface area contributed by atoms with Crippen molar-refractivity contribution in [2.75, 3.05) is 5.73 Å². The molecule has 100 valence electrons. The highest BCUT2D eigenvalue weighted by molar-refractivity contribution is 9.10. The minimum absolute atomic E-state index is 0.576.